The predicted molar refractivity (Wildman–Crippen MR) is 218 cm³/mol. The summed E-state index contributed by atoms with van der Waals surface area (Å²) in [5, 5.41) is 14.2. The third-order valence-corrected chi connectivity index (χ3v) is 12.0. The molecule has 338 valence electrons. The van der Waals surface area contributed by atoms with Gasteiger partial charge in [0.15, 0.2) is 12.4 Å². The lowest BCUT2D eigenvalue weighted by Crippen LogP contribution is -2.57. The second kappa shape index (κ2) is 23.5. The Hall–Kier alpha value is -4.69. The molecule has 0 spiro atoms. The molecule has 2 aliphatic heterocycles. The van der Waals surface area contributed by atoms with E-state index in [1.165, 1.54) is 13.8 Å². The van der Waals surface area contributed by atoms with Gasteiger partial charge in [0.25, 0.3) is 5.69 Å². The summed E-state index contributed by atoms with van der Waals surface area (Å²) in [6, 6.07) is 12.6. The molecule has 2 saturated heterocycles. The second-order valence-corrected chi connectivity index (χ2v) is 17.6. The number of ether oxygens (including phenoxy) is 7. The molecular formula is C42H59N3O15S. The average molecular weight is 878 g/mol. The van der Waals surface area contributed by atoms with Crippen molar-refractivity contribution in [1.82, 2.24) is 9.62 Å². The number of carbonyl (C=O) groups is 4. The molecule has 1 N–H and O–H groups in total. The minimum absolute atomic E-state index is 0.00683. The van der Waals surface area contributed by atoms with Crippen LogP contribution in [-0.2, 0) is 64.0 Å². The van der Waals surface area contributed by atoms with Crippen molar-refractivity contribution in [3.63, 3.8) is 0 Å². The maximum absolute atomic E-state index is 14.2. The lowest BCUT2D eigenvalue weighted by molar-refractivity contribution is -0.384. The van der Waals surface area contributed by atoms with Gasteiger partial charge in [-0.05, 0) is 49.3 Å². The Morgan fingerprint density at radius 3 is 2.21 bits per heavy atom. The molecule has 0 radical (unpaired) electrons. The van der Waals surface area contributed by atoms with Crippen LogP contribution in [0.4, 0.5) is 10.5 Å². The van der Waals surface area contributed by atoms with Crippen LogP contribution in [0.15, 0.2) is 59.5 Å². The van der Waals surface area contributed by atoms with Gasteiger partial charge in [0.05, 0.1) is 35.6 Å². The number of alkyl carbamates (subject to hydrolysis) is 1. The SMILES string of the molecule is CCC1O[C@@H](OCCCCC(=O)O[C@H](CN(CC(C)C)S(=O)(=O)c2ccc([N+](=O)[O-])cc2)[C@H](Cc2ccccc2)NC(=O)O[C@H]2CCOC2)C(C)[C@@H](OC(C)=O)[C@@H]1OC(C)=O. The number of sulfonamides is 1. The number of carbonyl (C=O) groups excluding carboxylic acids is 4. The zero-order valence-corrected chi connectivity index (χ0v) is 36.4. The van der Waals surface area contributed by atoms with Crippen LogP contribution in [0.1, 0.15) is 79.2 Å². The monoisotopic (exact) mass is 877 g/mol. The van der Waals surface area contributed by atoms with E-state index in [2.05, 4.69) is 5.32 Å². The highest BCUT2D eigenvalue weighted by atomic mass is 32.2. The van der Waals surface area contributed by atoms with Gasteiger partial charge in [-0.25, -0.2) is 13.2 Å². The molecule has 4 rings (SSSR count). The van der Waals surface area contributed by atoms with Gasteiger partial charge < -0.3 is 38.5 Å². The third kappa shape index (κ3) is 15.0. The molecular weight excluding hydrogens is 819 g/mol. The number of rotatable bonds is 22. The van der Waals surface area contributed by atoms with Gasteiger partial charge in [-0.2, -0.15) is 4.31 Å². The number of amides is 1. The number of benzene rings is 2. The standard InChI is InChI=1S/C42H59N3O15S/c1-7-36-40(57-30(6)47)39(56-29(5)46)28(4)41(60-36)55-21-12-11-15-38(48)59-37(25-44(24-27(2)3)61(52,53)34-18-16-32(17-19-34)45(50)51)35(23-31-13-9-8-10-14-31)43-42(49)58-33-20-22-54-26-33/h8-10,13-14,16-19,27-28,33,35-37,39-41H,7,11-12,15,20-26H2,1-6H3,(H,43,49)/t28?,33-,35-,36?,37+,39+,40+,41+/m0/s1. The number of unbranched alkanes of at least 4 members (excludes halogenated alkanes) is 1. The fraction of sp³-hybridized carbons (Fsp3) is 0.619. The number of nitrogens with zero attached hydrogens (tertiary/aromatic N) is 2. The van der Waals surface area contributed by atoms with Crippen molar-refractivity contribution in [1.29, 1.82) is 0 Å². The van der Waals surface area contributed by atoms with Crippen LogP contribution >= 0.6 is 0 Å². The van der Waals surface area contributed by atoms with Crippen LogP contribution in [-0.4, -0.2) is 117 Å². The van der Waals surface area contributed by atoms with Crippen LogP contribution in [0.25, 0.3) is 0 Å². The summed E-state index contributed by atoms with van der Waals surface area (Å²) in [7, 11) is -4.31. The summed E-state index contributed by atoms with van der Waals surface area (Å²) >= 11 is 0. The number of hydrogen-bond donors (Lipinski definition) is 1. The van der Waals surface area contributed by atoms with E-state index in [0.717, 1.165) is 34.1 Å². The van der Waals surface area contributed by atoms with Gasteiger partial charge in [-0.1, -0.05) is 58.0 Å². The van der Waals surface area contributed by atoms with E-state index in [-0.39, 0.29) is 55.6 Å². The lowest BCUT2D eigenvalue weighted by atomic mass is 9.90. The quantitative estimate of drug-likeness (QED) is 0.0534. The molecule has 2 aromatic rings. The van der Waals surface area contributed by atoms with E-state index in [4.69, 9.17) is 33.2 Å². The molecule has 2 unspecified atom stereocenters. The minimum Gasteiger partial charge on any atom is -0.459 e. The molecule has 19 heteroatoms. The molecule has 2 heterocycles. The Kier molecular flexibility index (Phi) is 18.9. The fourth-order valence-corrected chi connectivity index (χ4v) is 8.77. The van der Waals surface area contributed by atoms with Crippen LogP contribution in [0, 0.1) is 22.0 Å². The predicted octanol–water partition coefficient (Wildman–Crippen LogP) is 5.10. The van der Waals surface area contributed by atoms with E-state index in [0.29, 0.717) is 32.3 Å². The summed E-state index contributed by atoms with van der Waals surface area (Å²) in [6.45, 7) is 10.2. The molecule has 8 atom stereocenters. The van der Waals surface area contributed by atoms with Gasteiger partial charge in [0.1, 0.15) is 24.4 Å². The van der Waals surface area contributed by atoms with Crippen molar-refractivity contribution in [2.75, 3.05) is 32.9 Å². The molecule has 0 bridgehead atoms. The first-order valence-corrected chi connectivity index (χ1v) is 22.1. The summed E-state index contributed by atoms with van der Waals surface area (Å²) < 4.78 is 69.8. The summed E-state index contributed by atoms with van der Waals surface area (Å²) in [5.74, 6) is -2.44. The van der Waals surface area contributed by atoms with E-state index < -0.39 is 87.7 Å². The molecule has 2 fully saturated rings. The molecule has 0 saturated carbocycles. The Labute approximate surface area is 357 Å². The third-order valence-electron chi connectivity index (χ3n) is 10.1. The van der Waals surface area contributed by atoms with Crippen LogP contribution in [0.2, 0.25) is 0 Å². The van der Waals surface area contributed by atoms with Gasteiger partial charge in [0.2, 0.25) is 10.0 Å². The highest BCUT2D eigenvalue weighted by Gasteiger charge is 2.47. The first kappa shape index (κ1) is 49.0. The smallest absolute Gasteiger partial charge is 0.407 e. The molecule has 61 heavy (non-hydrogen) atoms. The van der Waals surface area contributed by atoms with Crippen molar-refractivity contribution in [3.8, 4) is 0 Å². The first-order valence-electron chi connectivity index (χ1n) is 20.6. The van der Waals surface area contributed by atoms with E-state index in [1.807, 2.05) is 51.1 Å². The molecule has 1 amide bonds. The summed E-state index contributed by atoms with van der Waals surface area (Å²) in [5.41, 5.74) is 0.485. The van der Waals surface area contributed by atoms with Crippen molar-refractivity contribution in [3.05, 3.63) is 70.3 Å². The van der Waals surface area contributed by atoms with Gasteiger partial charge >= 0.3 is 24.0 Å². The molecule has 0 aromatic heterocycles. The highest BCUT2D eigenvalue weighted by molar-refractivity contribution is 7.89. The lowest BCUT2D eigenvalue weighted by Gasteiger charge is -2.44. The average Bonchev–Trinajstić information content (AvgIpc) is 3.72. The van der Waals surface area contributed by atoms with Crippen LogP contribution in [0.5, 0.6) is 0 Å². The van der Waals surface area contributed by atoms with Crippen molar-refractivity contribution in [2.24, 2.45) is 11.8 Å². The minimum atomic E-state index is -4.31. The van der Waals surface area contributed by atoms with Crippen LogP contribution < -0.4 is 5.32 Å². The topological polar surface area (TPSA) is 225 Å². The number of hydrogen-bond acceptors (Lipinski definition) is 15. The first-order chi connectivity index (χ1) is 29.0. The van der Waals surface area contributed by atoms with Gasteiger partial charge in [0, 0.05) is 57.9 Å². The maximum atomic E-state index is 14.2. The number of nitrogens with one attached hydrogen (secondary N) is 1. The number of esters is 3. The zero-order chi connectivity index (χ0) is 44.7. The van der Waals surface area contributed by atoms with E-state index in [1.54, 1.807) is 6.92 Å². The number of nitro benzene ring substituents is 1. The zero-order valence-electron chi connectivity index (χ0n) is 35.6. The van der Waals surface area contributed by atoms with Crippen molar-refractivity contribution in [2.45, 2.75) is 128 Å². The van der Waals surface area contributed by atoms with Crippen molar-refractivity contribution < 1.29 is 65.7 Å². The Morgan fingerprint density at radius 1 is 0.951 bits per heavy atom. The maximum Gasteiger partial charge on any atom is 0.407 e. The highest BCUT2D eigenvalue weighted by Crippen LogP contribution is 2.33. The largest absolute Gasteiger partial charge is 0.459 e. The molecule has 2 aromatic carbocycles. The van der Waals surface area contributed by atoms with Gasteiger partial charge in [-0.3, -0.25) is 24.5 Å². The van der Waals surface area contributed by atoms with Gasteiger partial charge in [-0.15, -0.1) is 0 Å². The van der Waals surface area contributed by atoms with Crippen LogP contribution in [0.3, 0.4) is 0 Å². The number of non-ortho nitro benzene ring substituents is 1. The molecule has 0 aliphatic carbocycles. The van der Waals surface area contributed by atoms with E-state index in [9.17, 15) is 37.7 Å². The molecule has 18 nitrogen and oxygen atoms in total. The fourth-order valence-electron chi connectivity index (χ4n) is 7.16. The summed E-state index contributed by atoms with van der Waals surface area (Å²) in [4.78, 5) is 61.4. The number of nitro groups is 1. The summed E-state index contributed by atoms with van der Waals surface area (Å²) in [6.07, 6.45) is -3.85. The second-order valence-electron chi connectivity index (χ2n) is 15.6. The van der Waals surface area contributed by atoms with Crippen molar-refractivity contribution >= 4 is 39.7 Å². The van der Waals surface area contributed by atoms with E-state index >= 15 is 0 Å². The Morgan fingerprint density at radius 2 is 1.62 bits per heavy atom. The Bertz CT molecular complexity index is 1860. The normalized spacial score (nSPS) is 22.6. The Balaban J connectivity index is 1.53. The molecule has 2 aliphatic rings.